The number of hydrogen-bond donors (Lipinski definition) is 2. The molecule has 1 unspecified atom stereocenters. The predicted octanol–water partition coefficient (Wildman–Crippen LogP) is 1.12. The fourth-order valence-electron chi connectivity index (χ4n) is 3.08. The summed E-state index contributed by atoms with van der Waals surface area (Å²) in [5.74, 6) is 0.218. The zero-order valence-corrected chi connectivity index (χ0v) is 11.7. The zero-order valence-electron chi connectivity index (χ0n) is 11.7. The molecule has 104 valence electrons. The minimum absolute atomic E-state index is 0.00373. The van der Waals surface area contributed by atoms with E-state index in [9.17, 15) is 4.79 Å². The van der Waals surface area contributed by atoms with Gasteiger partial charge in [0.25, 0.3) is 0 Å². The van der Waals surface area contributed by atoms with Gasteiger partial charge in [-0.1, -0.05) is 26.2 Å². The second kappa shape index (κ2) is 6.53. The van der Waals surface area contributed by atoms with E-state index in [1.54, 1.807) is 0 Å². The average Bonchev–Trinajstić information content (AvgIpc) is 2.33. The highest BCUT2D eigenvalue weighted by atomic mass is 16.2. The third kappa shape index (κ3) is 3.23. The summed E-state index contributed by atoms with van der Waals surface area (Å²) in [6.07, 6.45) is 6.19. The molecule has 1 saturated carbocycles. The van der Waals surface area contributed by atoms with Crippen molar-refractivity contribution < 1.29 is 4.79 Å². The van der Waals surface area contributed by atoms with Gasteiger partial charge in [0, 0.05) is 25.2 Å². The van der Waals surface area contributed by atoms with Gasteiger partial charge in [-0.05, 0) is 26.3 Å². The van der Waals surface area contributed by atoms with Gasteiger partial charge >= 0.3 is 0 Å². The first kappa shape index (κ1) is 13.8. The Labute approximate surface area is 110 Å². The summed E-state index contributed by atoms with van der Waals surface area (Å²) >= 11 is 0. The molecule has 0 spiro atoms. The smallest absolute Gasteiger partial charge is 0.237 e. The van der Waals surface area contributed by atoms with Gasteiger partial charge in [0.2, 0.25) is 5.91 Å². The van der Waals surface area contributed by atoms with E-state index < -0.39 is 0 Å². The summed E-state index contributed by atoms with van der Waals surface area (Å²) in [5, 5.41) is 6.51. The van der Waals surface area contributed by atoms with E-state index in [4.69, 9.17) is 0 Å². The molecule has 0 bridgehead atoms. The Hall–Kier alpha value is -0.610. The lowest BCUT2D eigenvalue weighted by molar-refractivity contribution is -0.128. The molecule has 2 aliphatic rings. The van der Waals surface area contributed by atoms with Crippen LogP contribution < -0.4 is 10.6 Å². The number of likely N-dealkylation sites (N-methyl/N-ethyl adjacent to an activating group) is 1. The maximum Gasteiger partial charge on any atom is 0.237 e. The molecule has 0 aromatic carbocycles. The molecule has 1 atom stereocenters. The molecule has 1 aliphatic heterocycles. The summed E-state index contributed by atoms with van der Waals surface area (Å²) in [7, 11) is 0. The van der Waals surface area contributed by atoms with Crippen LogP contribution in [0.15, 0.2) is 0 Å². The lowest BCUT2D eigenvalue weighted by Gasteiger charge is -2.41. The average molecular weight is 253 g/mol. The number of rotatable bonds is 5. The number of nitrogens with one attached hydrogen (secondary N) is 2. The van der Waals surface area contributed by atoms with Gasteiger partial charge in [-0.2, -0.15) is 0 Å². The van der Waals surface area contributed by atoms with Gasteiger partial charge in [-0.3, -0.25) is 9.69 Å². The monoisotopic (exact) mass is 253 g/mol. The summed E-state index contributed by atoms with van der Waals surface area (Å²) in [6, 6.07) is 0.970. The standard InChI is InChI=1S/C14H27N3O/c1-3-17(13-9-15-10-13)11(2)14(18)16-12-7-5-4-6-8-12/h11-13,15H,3-10H2,1-2H3,(H,16,18). The normalized spacial score (nSPS) is 23.7. The molecule has 18 heavy (non-hydrogen) atoms. The first-order chi connectivity index (χ1) is 8.72. The van der Waals surface area contributed by atoms with E-state index in [0.717, 1.165) is 32.5 Å². The fraction of sp³-hybridized carbons (Fsp3) is 0.929. The van der Waals surface area contributed by atoms with E-state index in [0.29, 0.717) is 12.1 Å². The van der Waals surface area contributed by atoms with Crippen LogP contribution >= 0.6 is 0 Å². The Balaban J connectivity index is 1.82. The van der Waals surface area contributed by atoms with Gasteiger partial charge in [0.05, 0.1) is 6.04 Å². The Bertz CT molecular complexity index is 272. The van der Waals surface area contributed by atoms with Crippen molar-refractivity contribution in [2.75, 3.05) is 19.6 Å². The highest BCUT2D eigenvalue weighted by Gasteiger charge is 2.31. The summed E-state index contributed by atoms with van der Waals surface area (Å²) < 4.78 is 0. The highest BCUT2D eigenvalue weighted by molar-refractivity contribution is 5.81. The van der Waals surface area contributed by atoms with Crippen molar-refractivity contribution in [2.45, 2.75) is 64.1 Å². The third-order valence-corrected chi connectivity index (χ3v) is 4.42. The molecule has 4 nitrogen and oxygen atoms in total. The fourth-order valence-corrected chi connectivity index (χ4v) is 3.08. The van der Waals surface area contributed by atoms with E-state index in [-0.39, 0.29) is 11.9 Å². The van der Waals surface area contributed by atoms with Crippen LogP contribution in [0.25, 0.3) is 0 Å². The second-order valence-corrected chi connectivity index (χ2v) is 5.66. The van der Waals surface area contributed by atoms with Gasteiger partial charge in [-0.25, -0.2) is 0 Å². The van der Waals surface area contributed by atoms with Gasteiger partial charge in [-0.15, -0.1) is 0 Å². The van der Waals surface area contributed by atoms with Crippen molar-refractivity contribution in [2.24, 2.45) is 0 Å². The lowest BCUT2D eigenvalue weighted by Crippen LogP contribution is -2.62. The molecule has 0 aromatic heterocycles. The van der Waals surface area contributed by atoms with Crippen LogP contribution in [0, 0.1) is 0 Å². The molecular weight excluding hydrogens is 226 g/mol. The molecule has 4 heteroatoms. The minimum Gasteiger partial charge on any atom is -0.352 e. The van der Waals surface area contributed by atoms with Crippen LogP contribution in [-0.4, -0.2) is 48.6 Å². The van der Waals surface area contributed by atoms with Crippen molar-refractivity contribution in [3.05, 3.63) is 0 Å². The largest absolute Gasteiger partial charge is 0.352 e. The molecule has 2 fully saturated rings. The number of amides is 1. The first-order valence-electron chi connectivity index (χ1n) is 7.49. The number of carbonyl (C=O) groups excluding carboxylic acids is 1. The first-order valence-corrected chi connectivity index (χ1v) is 7.49. The van der Waals surface area contributed by atoms with Crippen LogP contribution in [0.1, 0.15) is 46.0 Å². The Morgan fingerprint density at radius 3 is 2.50 bits per heavy atom. The van der Waals surface area contributed by atoms with E-state index in [1.807, 2.05) is 6.92 Å². The molecule has 0 aromatic rings. The highest BCUT2D eigenvalue weighted by Crippen LogP contribution is 2.18. The predicted molar refractivity (Wildman–Crippen MR) is 73.5 cm³/mol. The minimum atomic E-state index is 0.00373. The van der Waals surface area contributed by atoms with Crippen molar-refractivity contribution in [1.82, 2.24) is 15.5 Å². The molecule has 1 aliphatic carbocycles. The second-order valence-electron chi connectivity index (χ2n) is 5.66. The molecular formula is C14H27N3O. The molecule has 1 amide bonds. The maximum absolute atomic E-state index is 12.3. The molecule has 2 rings (SSSR count). The van der Waals surface area contributed by atoms with E-state index in [1.165, 1.54) is 19.3 Å². The van der Waals surface area contributed by atoms with Gasteiger partial charge in [0.15, 0.2) is 0 Å². The SMILES string of the molecule is CCN(C1CNC1)C(C)C(=O)NC1CCCCC1. The summed E-state index contributed by atoms with van der Waals surface area (Å²) in [4.78, 5) is 14.6. The topological polar surface area (TPSA) is 44.4 Å². The van der Waals surface area contributed by atoms with E-state index >= 15 is 0 Å². The number of carbonyl (C=O) groups is 1. The number of nitrogens with zero attached hydrogens (tertiary/aromatic N) is 1. The van der Waals surface area contributed by atoms with Crippen LogP contribution in [-0.2, 0) is 4.79 Å². The Morgan fingerprint density at radius 1 is 1.33 bits per heavy atom. The van der Waals surface area contributed by atoms with Crippen molar-refractivity contribution in [3.63, 3.8) is 0 Å². The van der Waals surface area contributed by atoms with Crippen molar-refractivity contribution >= 4 is 5.91 Å². The van der Waals surface area contributed by atoms with Crippen LogP contribution in [0.5, 0.6) is 0 Å². The van der Waals surface area contributed by atoms with Gasteiger partial charge < -0.3 is 10.6 Å². The maximum atomic E-state index is 12.3. The molecule has 1 heterocycles. The Morgan fingerprint density at radius 2 is 2.00 bits per heavy atom. The Kier molecular flexibility index (Phi) is 5.01. The number of hydrogen-bond acceptors (Lipinski definition) is 3. The van der Waals surface area contributed by atoms with Crippen LogP contribution in [0.4, 0.5) is 0 Å². The third-order valence-electron chi connectivity index (χ3n) is 4.42. The van der Waals surface area contributed by atoms with Crippen LogP contribution in [0.3, 0.4) is 0 Å². The van der Waals surface area contributed by atoms with Crippen molar-refractivity contribution in [1.29, 1.82) is 0 Å². The molecule has 0 radical (unpaired) electrons. The van der Waals surface area contributed by atoms with Gasteiger partial charge in [0.1, 0.15) is 0 Å². The summed E-state index contributed by atoms with van der Waals surface area (Å²) in [6.45, 7) is 7.18. The zero-order chi connectivity index (χ0) is 13.0. The van der Waals surface area contributed by atoms with Crippen LogP contribution in [0.2, 0.25) is 0 Å². The molecule has 2 N–H and O–H groups in total. The van der Waals surface area contributed by atoms with Crippen molar-refractivity contribution in [3.8, 4) is 0 Å². The van der Waals surface area contributed by atoms with E-state index in [2.05, 4.69) is 22.5 Å². The summed E-state index contributed by atoms with van der Waals surface area (Å²) in [5.41, 5.74) is 0. The molecule has 1 saturated heterocycles. The quantitative estimate of drug-likeness (QED) is 0.771. The lowest BCUT2D eigenvalue weighted by atomic mass is 9.95.